The zero-order chi connectivity index (χ0) is 18.0. The van der Waals surface area contributed by atoms with E-state index in [1.807, 2.05) is 6.08 Å². The van der Waals surface area contributed by atoms with Crippen LogP contribution in [0.5, 0.6) is 0 Å². The Morgan fingerprint density at radius 2 is 1.96 bits per heavy atom. The highest BCUT2D eigenvalue weighted by Crippen LogP contribution is 2.65. The van der Waals surface area contributed by atoms with Crippen molar-refractivity contribution >= 4 is 17.3 Å². The molecule has 0 amide bonds. The smallest absolute Gasteiger partial charge is 0.161 e. The van der Waals surface area contributed by atoms with Crippen molar-refractivity contribution in [2.75, 3.05) is 6.61 Å². The minimum atomic E-state index is -0.415. The average molecular weight is 344 g/mol. The molecule has 4 aliphatic rings. The first-order valence-electron chi connectivity index (χ1n) is 9.71. The molecule has 0 heterocycles. The summed E-state index contributed by atoms with van der Waals surface area (Å²) in [6.07, 6.45) is 7.23. The number of ketones is 3. The van der Waals surface area contributed by atoms with Crippen molar-refractivity contribution < 1.29 is 19.5 Å². The number of aliphatic hydroxyl groups excluding tert-OH is 1. The van der Waals surface area contributed by atoms with Gasteiger partial charge in [0.25, 0.3) is 0 Å². The SMILES string of the molecule is C[C@]12CC(=O)C3C(CCC4=CC(=O)CC[C@@]43C)C1CCC2C(=O)CO. The summed E-state index contributed by atoms with van der Waals surface area (Å²) in [7, 11) is 0. The highest BCUT2D eigenvalue weighted by molar-refractivity contribution is 5.93. The summed E-state index contributed by atoms with van der Waals surface area (Å²) in [5.74, 6) is 0.913. The van der Waals surface area contributed by atoms with E-state index in [0.29, 0.717) is 24.7 Å². The van der Waals surface area contributed by atoms with Crippen LogP contribution in [0.3, 0.4) is 0 Å². The molecule has 25 heavy (non-hydrogen) atoms. The fraction of sp³-hybridized carbons (Fsp3) is 0.762. The maximum Gasteiger partial charge on any atom is 0.161 e. The highest BCUT2D eigenvalue weighted by Gasteiger charge is 2.62. The first kappa shape index (κ1) is 17.1. The number of aliphatic hydroxyl groups is 1. The molecule has 4 unspecified atom stereocenters. The maximum atomic E-state index is 13.3. The van der Waals surface area contributed by atoms with E-state index in [-0.39, 0.29) is 40.0 Å². The van der Waals surface area contributed by atoms with Crippen LogP contribution in [0.4, 0.5) is 0 Å². The predicted octanol–water partition coefficient (Wildman–Crippen LogP) is 2.87. The van der Waals surface area contributed by atoms with Gasteiger partial charge in [-0.3, -0.25) is 14.4 Å². The molecule has 4 nitrogen and oxygen atoms in total. The number of Topliss-reactive ketones (excluding diaryl/α,β-unsaturated/α-hetero) is 2. The molecule has 0 spiro atoms. The predicted molar refractivity (Wildman–Crippen MR) is 92.7 cm³/mol. The van der Waals surface area contributed by atoms with Gasteiger partial charge in [-0.25, -0.2) is 0 Å². The Labute approximate surface area is 149 Å². The molecule has 136 valence electrons. The number of carbonyl (C=O) groups excluding carboxylic acids is 3. The molecule has 1 N–H and O–H groups in total. The fourth-order valence-electron chi connectivity index (χ4n) is 7.02. The van der Waals surface area contributed by atoms with Gasteiger partial charge < -0.3 is 5.11 Å². The molecule has 3 saturated carbocycles. The number of hydrogen-bond acceptors (Lipinski definition) is 4. The first-order chi connectivity index (χ1) is 11.8. The molecule has 3 fully saturated rings. The molecular weight excluding hydrogens is 316 g/mol. The monoisotopic (exact) mass is 344 g/mol. The van der Waals surface area contributed by atoms with Crippen LogP contribution in [0.15, 0.2) is 11.6 Å². The zero-order valence-corrected chi connectivity index (χ0v) is 15.2. The Kier molecular flexibility index (Phi) is 3.84. The Bertz CT molecular complexity index is 677. The van der Waals surface area contributed by atoms with Gasteiger partial charge in [0, 0.05) is 24.7 Å². The zero-order valence-electron chi connectivity index (χ0n) is 15.2. The van der Waals surface area contributed by atoms with Gasteiger partial charge in [-0.2, -0.15) is 0 Å². The van der Waals surface area contributed by atoms with Crippen molar-refractivity contribution in [2.45, 2.75) is 58.8 Å². The second-order valence-electron chi connectivity index (χ2n) is 9.24. The number of carbonyl (C=O) groups is 3. The molecular formula is C21H28O4. The van der Waals surface area contributed by atoms with Crippen molar-refractivity contribution in [3.05, 3.63) is 11.6 Å². The van der Waals surface area contributed by atoms with Crippen LogP contribution in [0.1, 0.15) is 58.8 Å². The fourth-order valence-corrected chi connectivity index (χ4v) is 7.02. The van der Waals surface area contributed by atoms with Gasteiger partial charge in [0.2, 0.25) is 0 Å². The Balaban J connectivity index is 1.71. The minimum Gasteiger partial charge on any atom is -0.389 e. The largest absolute Gasteiger partial charge is 0.389 e. The lowest BCUT2D eigenvalue weighted by Gasteiger charge is -2.56. The van der Waals surface area contributed by atoms with Crippen LogP contribution >= 0.6 is 0 Å². The van der Waals surface area contributed by atoms with Crippen molar-refractivity contribution in [3.63, 3.8) is 0 Å². The summed E-state index contributed by atoms with van der Waals surface area (Å²) in [4.78, 5) is 37.4. The molecule has 0 saturated heterocycles. The van der Waals surface area contributed by atoms with E-state index in [4.69, 9.17) is 0 Å². The van der Waals surface area contributed by atoms with Gasteiger partial charge in [-0.15, -0.1) is 0 Å². The van der Waals surface area contributed by atoms with Crippen LogP contribution in [0.2, 0.25) is 0 Å². The standard InChI is InChI=1S/C21H28O4/c1-20-8-7-13(23)9-12(20)3-4-14-15-5-6-16(18(25)11-22)21(15,2)10-17(24)19(14)20/h9,14-16,19,22H,3-8,10-11H2,1-2H3/t14?,15?,16?,19?,20-,21-/m0/s1. The third-order valence-electron chi connectivity index (χ3n) is 8.19. The molecule has 4 aliphatic carbocycles. The molecule has 0 aromatic heterocycles. The summed E-state index contributed by atoms with van der Waals surface area (Å²) >= 11 is 0. The molecule has 4 heteroatoms. The topological polar surface area (TPSA) is 71.4 Å². The third-order valence-corrected chi connectivity index (χ3v) is 8.19. The molecule has 6 atom stereocenters. The summed E-state index contributed by atoms with van der Waals surface area (Å²) in [6, 6.07) is 0. The third kappa shape index (κ3) is 2.26. The van der Waals surface area contributed by atoms with Crippen LogP contribution in [-0.4, -0.2) is 29.1 Å². The number of fused-ring (bicyclic) bond motifs is 5. The summed E-state index contributed by atoms with van der Waals surface area (Å²) in [6.45, 7) is 3.88. The van der Waals surface area contributed by atoms with Gasteiger partial charge in [-0.05, 0) is 60.8 Å². The van der Waals surface area contributed by atoms with Crippen molar-refractivity contribution in [1.29, 1.82) is 0 Å². The van der Waals surface area contributed by atoms with E-state index >= 15 is 0 Å². The van der Waals surface area contributed by atoms with Crippen LogP contribution in [-0.2, 0) is 14.4 Å². The average Bonchev–Trinajstić information content (AvgIpc) is 2.91. The Hall–Kier alpha value is -1.29. The van der Waals surface area contributed by atoms with E-state index in [0.717, 1.165) is 32.1 Å². The summed E-state index contributed by atoms with van der Waals surface area (Å²) in [5.41, 5.74) is 0.719. The maximum absolute atomic E-state index is 13.3. The molecule has 0 aromatic carbocycles. The lowest BCUT2D eigenvalue weighted by atomic mass is 9.46. The van der Waals surface area contributed by atoms with Crippen molar-refractivity contribution in [2.24, 2.45) is 34.5 Å². The van der Waals surface area contributed by atoms with Gasteiger partial charge in [0.05, 0.1) is 0 Å². The normalized spacial score (nSPS) is 46.1. The highest BCUT2D eigenvalue weighted by atomic mass is 16.3. The van der Waals surface area contributed by atoms with Gasteiger partial charge in [-0.1, -0.05) is 19.4 Å². The van der Waals surface area contributed by atoms with E-state index in [9.17, 15) is 19.5 Å². The number of allylic oxidation sites excluding steroid dienone is 1. The molecule has 0 aliphatic heterocycles. The lowest BCUT2D eigenvalue weighted by molar-refractivity contribution is -0.149. The minimum absolute atomic E-state index is 0.00153. The number of hydrogen-bond donors (Lipinski definition) is 1. The Morgan fingerprint density at radius 1 is 1.20 bits per heavy atom. The Morgan fingerprint density at radius 3 is 2.68 bits per heavy atom. The second kappa shape index (κ2) is 5.60. The van der Waals surface area contributed by atoms with Crippen molar-refractivity contribution in [3.8, 4) is 0 Å². The molecule has 0 bridgehead atoms. The second-order valence-corrected chi connectivity index (χ2v) is 9.24. The quantitative estimate of drug-likeness (QED) is 0.836. The van der Waals surface area contributed by atoms with Crippen LogP contribution < -0.4 is 0 Å². The van der Waals surface area contributed by atoms with Crippen LogP contribution in [0.25, 0.3) is 0 Å². The van der Waals surface area contributed by atoms with E-state index in [2.05, 4.69) is 13.8 Å². The van der Waals surface area contributed by atoms with E-state index in [1.54, 1.807) is 0 Å². The lowest BCUT2D eigenvalue weighted by Crippen LogP contribution is -2.55. The summed E-state index contributed by atoms with van der Waals surface area (Å²) in [5, 5.41) is 9.34. The molecule has 0 aromatic rings. The van der Waals surface area contributed by atoms with Crippen LogP contribution in [0, 0.1) is 34.5 Å². The van der Waals surface area contributed by atoms with Crippen molar-refractivity contribution in [1.82, 2.24) is 0 Å². The van der Waals surface area contributed by atoms with E-state index < -0.39 is 6.61 Å². The molecule has 4 rings (SSSR count). The molecule has 0 radical (unpaired) electrons. The first-order valence-corrected chi connectivity index (χ1v) is 9.71. The van der Waals surface area contributed by atoms with E-state index in [1.165, 1.54) is 5.57 Å². The van der Waals surface area contributed by atoms with Gasteiger partial charge in [0.1, 0.15) is 12.4 Å². The van der Waals surface area contributed by atoms with Gasteiger partial charge in [0.15, 0.2) is 11.6 Å². The summed E-state index contributed by atoms with van der Waals surface area (Å²) < 4.78 is 0. The van der Waals surface area contributed by atoms with Gasteiger partial charge >= 0.3 is 0 Å². The number of rotatable bonds is 2.